The van der Waals surface area contributed by atoms with Gasteiger partial charge in [-0.05, 0) is 22.8 Å². The van der Waals surface area contributed by atoms with Gasteiger partial charge in [0.2, 0.25) is 0 Å². The van der Waals surface area contributed by atoms with Gasteiger partial charge in [-0.15, -0.1) is 0 Å². The highest BCUT2D eigenvalue weighted by molar-refractivity contribution is 5.83. The van der Waals surface area contributed by atoms with Gasteiger partial charge in [0, 0.05) is 33.2 Å². The van der Waals surface area contributed by atoms with E-state index < -0.39 is 0 Å². The second-order valence-electron chi connectivity index (χ2n) is 5.67. The molecule has 0 amide bonds. The molecule has 4 nitrogen and oxygen atoms in total. The Balaban J connectivity index is 2.17. The van der Waals surface area contributed by atoms with E-state index >= 15 is 0 Å². The smallest absolute Gasteiger partial charge is 0.0868 e. The number of nitrogens with one attached hydrogen (secondary N) is 2. The van der Waals surface area contributed by atoms with E-state index in [1.165, 1.54) is 16.7 Å². The van der Waals surface area contributed by atoms with Crippen molar-refractivity contribution in [2.24, 2.45) is 0 Å². The van der Waals surface area contributed by atoms with Crippen LogP contribution in [0, 0.1) is 0 Å². The first-order valence-electron chi connectivity index (χ1n) is 7.82. The fraction of sp³-hybridized carbons (Fsp3) is 0.263. The van der Waals surface area contributed by atoms with Crippen LogP contribution in [0.4, 0.5) is 0 Å². The van der Waals surface area contributed by atoms with Gasteiger partial charge in [0.05, 0.1) is 11.8 Å². The second-order valence-corrected chi connectivity index (χ2v) is 5.67. The average molecular weight is 309 g/mol. The van der Waals surface area contributed by atoms with Crippen molar-refractivity contribution in [3.8, 4) is 0 Å². The minimum atomic E-state index is 0.0396. The zero-order chi connectivity index (χ0) is 16.2. The van der Waals surface area contributed by atoms with Gasteiger partial charge >= 0.3 is 0 Å². The number of nitrogens with zero attached hydrogens (tertiary/aromatic N) is 1. The number of benzene rings is 2. The minimum Gasteiger partial charge on any atom is -0.376 e. The van der Waals surface area contributed by atoms with E-state index in [-0.39, 0.29) is 6.10 Å². The number of fused-ring (bicyclic) bond motifs is 2. The van der Waals surface area contributed by atoms with Crippen molar-refractivity contribution in [1.29, 1.82) is 0 Å². The van der Waals surface area contributed by atoms with Crippen molar-refractivity contribution < 1.29 is 4.74 Å². The first-order chi connectivity index (χ1) is 11.2. The lowest BCUT2D eigenvalue weighted by Crippen LogP contribution is -2.42. The van der Waals surface area contributed by atoms with Crippen LogP contribution in [0.3, 0.4) is 0 Å². The molecule has 2 aromatic rings. The molecule has 0 heterocycles. The van der Waals surface area contributed by atoms with Crippen molar-refractivity contribution in [1.82, 2.24) is 16.0 Å². The largest absolute Gasteiger partial charge is 0.376 e. The molecule has 0 saturated heterocycles. The van der Waals surface area contributed by atoms with Gasteiger partial charge in [-0.2, -0.15) is 5.12 Å². The minimum absolute atomic E-state index is 0.0396. The predicted octanol–water partition coefficient (Wildman–Crippen LogP) is 3.00. The van der Waals surface area contributed by atoms with Crippen LogP contribution >= 0.6 is 0 Å². The normalized spacial score (nSPS) is 19.1. The Morgan fingerprint density at radius 1 is 1.09 bits per heavy atom. The second kappa shape index (κ2) is 6.96. The van der Waals surface area contributed by atoms with E-state index in [9.17, 15) is 0 Å². The van der Waals surface area contributed by atoms with Crippen LogP contribution in [-0.4, -0.2) is 26.3 Å². The van der Waals surface area contributed by atoms with Gasteiger partial charge in [-0.1, -0.05) is 48.5 Å². The fourth-order valence-corrected chi connectivity index (χ4v) is 2.97. The zero-order valence-electron chi connectivity index (χ0n) is 13.8. The molecule has 1 aliphatic rings. The number of hydrazine groups is 2. The third-order valence-electron chi connectivity index (χ3n) is 4.27. The van der Waals surface area contributed by atoms with Gasteiger partial charge in [-0.3, -0.25) is 0 Å². The summed E-state index contributed by atoms with van der Waals surface area (Å²) < 4.78 is 5.81. The SMILES string of the molecule is CNN(C)N/C1=C/c2ccccc2CC(OC)c2ccccc21. The van der Waals surface area contributed by atoms with E-state index in [1.54, 1.807) is 7.11 Å². The molecule has 0 fully saturated rings. The zero-order valence-corrected chi connectivity index (χ0v) is 13.8. The molecule has 4 heteroatoms. The van der Waals surface area contributed by atoms with E-state index in [4.69, 9.17) is 4.74 Å². The maximum atomic E-state index is 5.81. The van der Waals surface area contributed by atoms with Crippen molar-refractivity contribution >= 4 is 11.8 Å². The number of methoxy groups -OCH3 is 1. The van der Waals surface area contributed by atoms with Crippen molar-refractivity contribution in [2.75, 3.05) is 21.2 Å². The molecule has 0 aliphatic heterocycles. The molecule has 0 bridgehead atoms. The number of ether oxygens (including phenoxy) is 1. The van der Waals surface area contributed by atoms with Crippen molar-refractivity contribution in [3.05, 3.63) is 70.8 Å². The highest BCUT2D eigenvalue weighted by atomic mass is 16.5. The van der Waals surface area contributed by atoms with Crippen LogP contribution in [-0.2, 0) is 11.2 Å². The molecule has 1 unspecified atom stereocenters. The number of hydrogen-bond donors (Lipinski definition) is 2. The Labute approximate surface area is 137 Å². The third kappa shape index (κ3) is 3.29. The maximum absolute atomic E-state index is 5.81. The van der Waals surface area contributed by atoms with Crippen LogP contribution < -0.4 is 10.9 Å². The van der Waals surface area contributed by atoms with Crippen LogP contribution in [0.25, 0.3) is 11.8 Å². The Hall–Kier alpha value is -2.14. The first kappa shape index (κ1) is 15.7. The van der Waals surface area contributed by atoms with Gasteiger partial charge < -0.3 is 10.2 Å². The van der Waals surface area contributed by atoms with Crippen LogP contribution in [0.2, 0.25) is 0 Å². The Kier molecular flexibility index (Phi) is 4.76. The van der Waals surface area contributed by atoms with Crippen molar-refractivity contribution in [2.45, 2.75) is 12.5 Å². The lowest BCUT2D eigenvalue weighted by Gasteiger charge is -2.27. The molecule has 2 N–H and O–H groups in total. The summed E-state index contributed by atoms with van der Waals surface area (Å²) in [5, 5.41) is 1.84. The molecule has 3 rings (SSSR count). The summed E-state index contributed by atoms with van der Waals surface area (Å²) in [7, 11) is 5.61. The molecular weight excluding hydrogens is 286 g/mol. The highest BCUT2D eigenvalue weighted by Crippen LogP contribution is 2.33. The summed E-state index contributed by atoms with van der Waals surface area (Å²) in [6, 6.07) is 16.9. The summed E-state index contributed by atoms with van der Waals surface area (Å²) in [4.78, 5) is 0. The Morgan fingerprint density at radius 3 is 2.61 bits per heavy atom. The third-order valence-corrected chi connectivity index (χ3v) is 4.27. The van der Waals surface area contributed by atoms with E-state index in [0.717, 1.165) is 17.7 Å². The quantitative estimate of drug-likeness (QED) is 0.851. The van der Waals surface area contributed by atoms with Crippen LogP contribution in [0.1, 0.15) is 28.4 Å². The predicted molar refractivity (Wildman–Crippen MR) is 94.2 cm³/mol. The molecule has 0 aromatic heterocycles. The van der Waals surface area contributed by atoms with E-state index in [1.807, 2.05) is 19.2 Å². The summed E-state index contributed by atoms with van der Waals surface area (Å²) in [6.07, 6.45) is 3.11. The van der Waals surface area contributed by atoms with Gasteiger partial charge in [0.15, 0.2) is 0 Å². The standard InChI is InChI=1S/C19H23N3O/c1-20-22(2)21-18-12-14-8-4-5-9-15(14)13-19(23-3)17-11-7-6-10-16(17)18/h4-12,19-21H,13H2,1-3H3/b18-12+. The topological polar surface area (TPSA) is 36.5 Å². The highest BCUT2D eigenvalue weighted by Gasteiger charge is 2.21. The first-order valence-corrected chi connectivity index (χ1v) is 7.82. The molecule has 0 radical (unpaired) electrons. The fourth-order valence-electron chi connectivity index (χ4n) is 2.97. The molecule has 1 aliphatic carbocycles. The number of hydrogen-bond acceptors (Lipinski definition) is 4. The molecular formula is C19H23N3O. The maximum Gasteiger partial charge on any atom is 0.0868 e. The molecule has 23 heavy (non-hydrogen) atoms. The van der Waals surface area contributed by atoms with Gasteiger partial charge in [0.1, 0.15) is 0 Å². The van der Waals surface area contributed by atoms with Gasteiger partial charge in [-0.25, -0.2) is 5.43 Å². The lowest BCUT2D eigenvalue weighted by molar-refractivity contribution is 0.103. The molecule has 120 valence electrons. The van der Waals surface area contributed by atoms with E-state index in [2.05, 4.69) is 65.5 Å². The molecule has 1 atom stereocenters. The summed E-state index contributed by atoms with van der Waals surface area (Å²) in [5.41, 5.74) is 12.4. The van der Waals surface area contributed by atoms with Gasteiger partial charge in [0.25, 0.3) is 0 Å². The Bertz CT molecular complexity index is 711. The molecule has 0 saturated carbocycles. The lowest BCUT2D eigenvalue weighted by atomic mass is 9.89. The summed E-state index contributed by atoms with van der Waals surface area (Å²) in [6.45, 7) is 0. The number of rotatable bonds is 4. The van der Waals surface area contributed by atoms with Crippen LogP contribution in [0.5, 0.6) is 0 Å². The monoisotopic (exact) mass is 309 g/mol. The molecule has 2 aromatic carbocycles. The van der Waals surface area contributed by atoms with Crippen LogP contribution in [0.15, 0.2) is 48.5 Å². The summed E-state index contributed by atoms with van der Waals surface area (Å²) >= 11 is 0. The molecule has 0 spiro atoms. The van der Waals surface area contributed by atoms with E-state index in [0.29, 0.717) is 0 Å². The summed E-state index contributed by atoms with van der Waals surface area (Å²) in [5.74, 6) is 0. The average Bonchev–Trinajstić information content (AvgIpc) is 2.58. The van der Waals surface area contributed by atoms with Crippen molar-refractivity contribution in [3.63, 3.8) is 0 Å². The Morgan fingerprint density at radius 2 is 1.83 bits per heavy atom.